The molecule has 0 spiro atoms. The van der Waals surface area contributed by atoms with Crippen molar-refractivity contribution in [1.82, 2.24) is 8.87 Å². The van der Waals surface area contributed by atoms with E-state index in [1.807, 2.05) is 66.7 Å². The third kappa shape index (κ3) is 5.60. The summed E-state index contributed by atoms with van der Waals surface area (Å²) in [5.41, 5.74) is 1.87. The van der Waals surface area contributed by atoms with Crippen molar-refractivity contribution in [3.63, 3.8) is 0 Å². The largest absolute Gasteiger partial charge is 0.465 e. The molecule has 0 bridgehead atoms. The Morgan fingerprint density at radius 3 is 2.35 bits per heavy atom. The molecule has 5 rings (SSSR count). The van der Waals surface area contributed by atoms with Gasteiger partial charge in [0.2, 0.25) is 10.0 Å². The molecule has 0 aliphatic rings. The fourth-order valence-corrected chi connectivity index (χ4v) is 6.72. The smallest absolute Gasteiger partial charge is 0.326 e. The van der Waals surface area contributed by atoms with E-state index in [1.165, 1.54) is 47.0 Å². The Balaban J connectivity index is 1.48. The van der Waals surface area contributed by atoms with Crippen LogP contribution in [0.15, 0.2) is 101 Å². The number of benzene rings is 4. The van der Waals surface area contributed by atoms with Crippen molar-refractivity contribution in [3.05, 3.63) is 107 Å². The molecule has 5 aromatic rings. The number of aromatic nitrogens is 1. The first-order valence-electron chi connectivity index (χ1n) is 12.6. The fourth-order valence-electron chi connectivity index (χ4n) is 4.40. The van der Waals surface area contributed by atoms with Gasteiger partial charge in [0, 0.05) is 24.5 Å². The molecule has 1 amide bonds. The van der Waals surface area contributed by atoms with Gasteiger partial charge in [0.1, 0.15) is 6.54 Å². The lowest BCUT2D eigenvalue weighted by Gasteiger charge is -2.17. The summed E-state index contributed by atoms with van der Waals surface area (Å²) in [7, 11) is -2.25. The van der Waals surface area contributed by atoms with Gasteiger partial charge in [-0.2, -0.15) is 9.30 Å². The summed E-state index contributed by atoms with van der Waals surface area (Å²) < 4.78 is 35.2. The van der Waals surface area contributed by atoms with Crippen LogP contribution in [0.25, 0.3) is 21.0 Å². The molecule has 1 aromatic heterocycles. The summed E-state index contributed by atoms with van der Waals surface area (Å²) in [5.74, 6) is -0.978. The Morgan fingerprint density at radius 2 is 1.62 bits per heavy atom. The normalized spacial score (nSPS) is 12.3. The van der Waals surface area contributed by atoms with Crippen LogP contribution in [0.4, 0.5) is 0 Å². The maximum Gasteiger partial charge on any atom is 0.326 e. The van der Waals surface area contributed by atoms with Gasteiger partial charge in [-0.25, -0.2) is 8.42 Å². The number of carbonyl (C=O) groups is 2. The predicted molar refractivity (Wildman–Crippen MR) is 155 cm³/mol. The van der Waals surface area contributed by atoms with Crippen molar-refractivity contribution in [2.24, 2.45) is 4.99 Å². The summed E-state index contributed by atoms with van der Waals surface area (Å²) in [4.78, 5) is 30.4. The summed E-state index contributed by atoms with van der Waals surface area (Å²) in [6, 6.07) is 26.8. The van der Waals surface area contributed by atoms with E-state index in [0.29, 0.717) is 4.80 Å². The van der Waals surface area contributed by atoms with Crippen LogP contribution in [0.3, 0.4) is 0 Å². The highest BCUT2D eigenvalue weighted by atomic mass is 32.2. The Hall–Kier alpha value is -4.12. The van der Waals surface area contributed by atoms with Crippen LogP contribution in [-0.2, 0) is 32.6 Å². The van der Waals surface area contributed by atoms with Gasteiger partial charge in [-0.05, 0) is 48.2 Å². The van der Waals surface area contributed by atoms with Crippen LogP contribution in [0, 0.1) is 0 Å². The van der Waals surface area contributed by atoms with Gasteiger partial charge in [-0.1, -0.05) is 72.0 Å². The van der Waals surface area contributed by atoms with Crippen molar-refractivity contribution >= 4 is 54.2 Å². The van der Waals surface area contributed by atoms with E-state index in [0.717, 1.165) is 26.6 Å². The number of thiazole rings is 1. The first-order valence-corrected chi connectivity index (χ1v) is 14.9. The SMILES string of the molecule is CCOC(=O)Cn1c(=NC(=O)c2ccc(S(=O)(=O)N(C)Cc3ccccc3)cc2)sc2c3ccccc3ccc21. The lowest BCUT2D eigenvalue weighted by molar-refractivity contribution is -0.143. The van der Waals surface area contributed by atoms with Crippen LogP contribution in [0.2, 0.25) is 0 Å². The van der Waals surface area contributed by atoms with Crippen LogP contribution < -0.4 is 4.80 Å². The molecule has 0 fully saturated rings. The second-order valence-corrected chi connectivity index (χ2v) is 12.1. The molecule has 0 unspecified atom stereocenters. The van der Waals surface area contributed by atoms with Crippen molar-refractivity contribution < 1.29 is 22.7 Å². The summed E-state index contributed by atoms with van der Waals surface area (Å²) in [5, 5.41) is 2.03. The van der Waals surface area contributed by atoms with Crippen molar-refractivity contribution in [3.8, 4) is 0 Å². The lowest BCUT2D eigenvalue weighted by atomic mass is 10.1. The van der Waals surface area contributed by atoms with E-state index in [2.05, 4.69) is 4.99 Å². The molecule has 0 saturated heterocycles. The van der Waals surface area contributed by atoms with Crippen molar-refractivity contribution in [2.45, 2.75) is 24.9 Å². The molecule has 0 N–H and O–H groups in total. The van der Waals surface area contributed by atoms with Crippen LogP contribution in [-0.4, -0.2) is 42.8 Å². The van der Waals surface area contributed by atoms with E-state index < -0.39 is 21.9 Å². The minimum absolute atomic E-state index is 0.0770. The van der Waals surface area contributed by atoms with E-state index in [4.69, 9.17) is 4.74 Å². The molecule has 0 saturated carbocycles. The Labute approximate surface area is 235 Å². The van der Waals surface area contributed by atoms with Crippen molar-refractivity contribution in [2.75, 3.05) is 13.7 Å². The number of ether oxygens (including phenoxy) is 1. The molecular formula is C30H27N3O5S2. The topological polar surface area (TPSA) is 98.0 Å². The van der Waals surface area contributed by atoms with Gasteiger partial charge >= 0.3 is 5.97 Å². The molecule has 0 aliphatic heterocycles. The minimum atomic E-state index is -3.76. The molecule has 0 radical (unpaired) electrons. The molecular weight excluding hydrogens is 546 g/mol. The second kappa shape index (κ2) is 11.5. The Kier molecular flexibility index (Phi) is 7.92. The maximum atomic E-state index is 13.2. The lowest BCUT2D eigenvalue weighted by Crippen LogP contribution is -2.26. The van der Waals surface area contributed by atoms with Crippen LogP contribution >= 0.6 is 11.3 Å². The first kappa shape index (κ1) is 27.4. The molecule has 40 heavy (non-hydrogen) atoms. The van der Waals surface area contributed by atoms with Gasteiger partial charge in [-0.15, -0.1) is 0 Å². The number of rotatable bonds is 8. The monoisotopic (exact) mass is 573 g/mol. The third-order valence-corrected chi connectivity index (χ3v) is 9.37. The van der Waals surface area contributed by atoms with Crippen LogP contribution in [0.1, 0.15) is 22.8 Å². The second-order valence-electron chi connectivity index (χ2n) is 9.10. The highest BCUT2D eigenvalue weighted by molar-refractivity contribution is 7.89. The highest BCUT2D eigenvalue weighted by Crippen LogP contribution is 2.28. The number of esters is 1. The number of hydrogen-bond acceptors (Lipinski definition) is 6. The molecule has 0 aliphatic carbocycles. The molecule has 4 aromatic carbocycles. The zero-order chi connectivity index (χ0) is 28.3. The number of fused-ring (bicyclic) bond motifs is 3. The number of hydrogen-bond donors (Lipinski definition) is 0. The maximum absolute atomic E-state index is 13.2. The van der Waals surface area contributed by atoms with Gasteiger partial charge in [0.15, 0.2) is 4.80 Å². The molecule has 10 heteroatoms. The van der Waals surface area contributed by atoms with Gasteiger partial charge in [0.05, 0.1) is 21.7 Å². The zero-order valence-corrected chi connectivity index (χ0v) is 23.6. The summed E-state index contributed by atoms with van der Waals surface area (Å²) >= 11 is 1.31. The van der Waals surface area contributed by atoms with Gasteiger partial charge < -0.3 is 9.30 Å². The number of carbonyl (C=O) groups excluding carboxylic acids is 2. The van der Waals surface area contributed by atoms with Crippen molar-refractivity contribution in [1.29, 1.82) is 0 Å². The summed E-state index contributed by atoms with van der Waals surface area (Å²) in [6.45, 7) is 2.11. The average molecular weight is 574 g/mol. The summed E-state index contributed by atoms with van der Waals surface area (Å²) in [6.07, 6.45) is 0. The highest BCUT2D eigenvalue weighted by Gasteiger charge is 2.21. The van der Waals surface area contributed by atoms with E-state index in [1.54, 1.807) is 11.5 Å². The number of sulfonamides is 1. The van der Waals surface area contributed by atoms with Gasteiger partial charge in [0.25, 0.3) is 5.91 Å². The quantitative estimate of drug-likeness (QED) is 0.244. The molecule has 204 valence electrons. The van der Waals surface area contributed by atoms with E-state index in [-0.39, 0.29) is 30.2 Å². The number of amides is 1. The fraction of sp³-hybridized carbons (Fsp3) is 0.167. The van der Waals surface area contributed by atoms with E-state index >= 15 is 0 Å². The first-order chi connectivity index (χ1) is 19.3. The third-order valence-electron chi connectivity index (χ3n) is 6.42. The predicted octanol–water partition coefficient (Wildman–Crippen LogP) is 4.98. The molecule has 1 heterocycles. The Morgan fingerprint density at radius 1 is 0.925 bits per heavy atom. The minimum Gasteiger partial charge on any atom is -0.465 e. The Bertz CT molecular complexity index is 1880. The average Bonchev–Trinajstić information content (AvgIpc) is 3.30. The zero-order valence-electron chi connectivity index (χ0n) is 22.0. The standard InChI is InChI=1S/C30H27N3O5S2/c1-3-38-27(34)20-33-26-18-15-22-11-7-8-12-25(22)28(26)39-30(33)31-29(35)23-13-16-24(17-14-23)40(36,37)32(2)19-21-9-5-4-6-10-21/h4-18H,3,19-20H2,1-2H3. The van der Waals surface area contributed by atoms with E-state index in [9.17, 15) is 18.0 Å². The molecule has 0 atom stereocenters. The van der Waals surface area contributed by atoms with Crippen LogP contribution in [0.5, 0.6) is 0 Å². The van der Waals surface area contributed by atoms with Gasteiger partial charge in [-0.3, -0.25) is 9.59 Å². The molecule has 8 nitrogen and oxygen atoms in total. The number of nitrogens with zero attached hydrogens (tertiary/aromatic N) is 3.